The van der Waals surface area contributed by atoms with Crippen molar-refractivity contribution in [2.24, 2.45) is 5.73 Å². The van der Waals surface area contributed by atoms with E-state index >= 15 is 0 Å². The van der Waals surface area contributed by atoms with E-state index in [0.29, 0.717) is 13.1 Å². The highest BCUT2D eigenvalue weighted by Gasteiger charge is 2.32. The zero-order valence-electron chi connectivity index (χ0n) is 9.20. The molecule has 0 aliphatic carbocycles. The molecule has 0 spiro atoms. The lowest BCUT2D eigenvalue weighted by molar-refractivity contribution is -0.131. The summed E-state index contributed by atoms with van der Waals surface area (Å²) < 4.78 is 35.8. The number of thioether (sulfide) groups is 1. The quantitative estimate of drug-likeness (QED) is 0.865. The minimum atomic E-state index is -4.34. The summed E-state index contributed by atoms with van der Waals surface area (Å²) in [4.78, 5) is 13.1. The van der Waals surface area contributed by atoms with E-state index in [0.717, 1.165) is 19.3 Å². The molecule has 0 aromatic rings. The summed E-state index contributed by atoms with van der Waals surface area (Å²) in [5.41, 5.74) is 1.15. The van der Waals surface area contributed by atoms with Crippen LogP contribution in [0.2, 0.25) is 0 Å². The highest BCUT2D eigenvalue weighted by Crippen LogP contribution is 2.30. The Morgan fingerprint density at radius 3 is 2.59 bits per heavy atom. The van der Waals surface area contributed by atoms with Crippen LogP contribution >= 0.6 is 24.2 Å². The number of amides is 1. The second-order valence-corrected chi connectivity index (χ2v) is 4.75. The first-order chi connectivity index (χ1) is 7.44. The fourth-order valence-electron chi connectivity index (χ4n) is 1.80. The molecule has 1 fully saturated rings. The van der Waals surface area contributed by atoms with Crippen molar-refractivity contribution in [3.63, 3.8) is 0 Å². The number of piperidine rings is 1. The Labute approximate surface area is 109 Å². The molecule has 1 unspecified atom stereocenters. The van der Waals surface area contributed by atoms with Gasteiger partial charge in [0.15, 0.2) is 0 Å². The minimum Gasteiger partial charge on any atom is -0.338 e. The Hall–Kier alpha value is -0.140. The maximum Gasteiger partial charge on any atom is 0.442 e. The molecule has 1 saturated heterocycles. The molecular weight excluding hydrogens is 277 g/mol. The van der Waals surface area contributed by atoms with Crippen LogP contribution in [-0.2, 0) is 4.79 Å². The van der Waals surface area contributed by atoms with Crippen molar-refractivity contribution < 1.29 is 18.0 Å². The number of carbonyl (C=O) groups excluding carboxylic acids is 1. The molecule has 3 nitrogen and oxygen atoms in total. The van der Waals surface area contributed by atoms with E-state index in [1.807, 2.05) is 0 Å². The van der Waals surface area contributed by atoms with Gasteiger partial charge < -0.3 is 10.6 Å². The molecule has 1 aliphatic rings. The molecule has 1 amide bonds. The van der Waals surface area contributed by atoms with Gasteiger partial charge in [0.25, 0.3) is 0 Å². The molecule has 1 heterocycles. The van der Waals surface area contributed by atoms with Crippen LogP contribution in [0.1, 0.15) is 19.3 Å². The predicted octanol–water partition coefficient (Wildman–Crippen LogP) is 2.00. The normalized spacial score (nSPS) is 20.9. The molecular formula is C9H16ClF3N2OS. The molecule has 17 heavy (non-hydrogen) atoms. The van der Waals surface area contributed by atoms with Gasteiger partial charge >= 0.3 is 5.51 Å². The number of alkyl halides is 3. The average molecular weight is 293 g/mol. The molecule has 0 radical (unpaired) electrons. The summed E-state index contributed by atoms with van der Waals surface area (Å²) in [6, 6.07) is -0.0879. The van der Waals surface area contributed by atoms with Crippen molar-refractivity contribution in [1.29, 1.82) is 0 Å². The molecule has 2 N–H and O–H groups in total. The number of hydrogen-bond donors (Lipinski definition) is 1. The number of nitrogens with two attached hydrogens (primary N) is 1. The van der Waals surface area contributed by atoms with E-state index in [1.54, 1.807) is 0 Å². The Morgan fingerprint density at radius 2 is 2.06 bits per heavy atom. The van der Waals surface area contributed by atoms with E-state index in [-0.39, 0.29) is 30.2 Å². The van der Waals surface area contributed by atoms with Crippen LogP contribution in [0.25, 0.3) is 0 Å². The van der Waals surface area contributed by atoms with Crippen LogP contribution in [0.5, 0.6) is 0 Å². The highest BCUT2D eigenvalue weighted by molar-refractivity contribution is 8.00. The van der Waals surface area contributed by atoms with Crippen molar-refractivity contribution in [3.8, 4) is 0 Å². The molecule has 1 aliphatic heterocycles. The largest absolute Gasteiger partial charge is 0.442 e. The van der Waals surface area contributed by atoms with Crippen molar-refractivity contribution in [2.45, 2.75) is 30.8 Å². The average Bonchev–Trinajstić information content (AvgIpc) is 2.25. The lowest BCUT2D eigenvalue weighted by Gasteiger charge is -2.35. The van der Waals surface area contributed by atoms with Gasteiger partial charge in [-0.15, -0.1) is 12.4 Å². The van der Waals surface area contributed by atoms with Gasteiger partial charge in [0.2, 0.25) is 5.91 Å². The third kappa shape index (κ3) is 5.83. The first-order valence-electron chi connectivity index (χ1n) is 5.14. The molecule has 0 aromatic carbocycles. The molecule has 0 bridgehead atoms. The lowest BCUT2D eigenvalue weighted by atomic mass is 10.0. The summed E-state index contributed by atoms with van der Waals surface area (Å²) >= 11 is -0.284. The summed E-state index contributed by atoms with van der Waals surface area (Å²) in [6.07, 6.45) is 2.62. The van der Waals surface area contributed by atoms with Gasteiger partial charge in [-0.2, -0.15) is 13.2 Å². The van der Waals surface area contributed by atoms with E-state index in [1.165, 1.54) is 4.90 Å². The smallest absolute Gasteiger partial charge is 0.338 e. The molecule has 0 saturated carbocycles. The van der Waals surface area contributed by atoms with Gasteiger partial charge in [-0.05, 0) is 31.0 Å². The van der Waals surface area contributed by atoms with E-state index < -0.39 is 17.2 Å². The fraction of sp³-hybridized carbons (Fsp3) is 0.889. The first kappa shape index (κ1) is 16.9. The number of halogens is 4. The van der Waals surface area contributed by atoms with Gasteiger partial charge in [-0.1, -0.05) is 0 Å². The summed E-state index contributed by atoms with van der Waals surface area (Å²) in [5, 5.41) is 0. The second-order valence-electron chi connectivity index (χ2n) is 3.71. The van der Waals surface area contributed by atoms with Crippen LogP contribution < -0.4 is 5.73 Å². The number of nitrogens with zero attached hydrogens (tertiary/aromatic N) is 1. The van der Waals surface area contributed by atoms with Crippen molar-refractivity contribution in [3.05, 3.63) is 0 Å². The topological polar surface area (TPSA) is 46.3 Å². The standard InChI is InChI=1S/C9H15F3N2OS.ClH/c10-9(11,12)16-6-8(15)14-4-2-1-3-7(14)5-13;/h7H,1-6,13H2;1H. The highest BCUT2D eigenvalue weighted by atomic mass is 35.5. The zero-order chi connectivity index (χ0) is 12.2. The Morgan fingerprint density at radius 1 is 1.41 bits per heavy atom. The van der Waals surface area contributed by atoms with Crippen molar-refractivity contribution in [2.75, 3.05) is 18.8 Å². The SMILES string of the molecule is Cl.NCC1CCCCN1C(=O)CSC(F)(F)F. The zero-order valence-corrected chi connectivity index (χ0v) is 10.8. The first-order valence-corrected chi connectivity index (χ1v) is 6.13. The van der Waals surface area contributed by atoms with Gasteiger partial charge in [0.05, 0.1) is 5.75 Å². The Balaban J connectivity index is 0.00000256. The molecule has 1 rings (SSSR count). The Bertz CT molecular complexity index is 253. The molecule has 0 aromatic heterocycles. The van der Waals surface area contributed by atoms with Gasteiger partial charge in [0, 0.05) is 19.1 Å². The number of hydrogen-bond acceptors (Lipinski definition) is 3. The van der Waals surface area contributed by atoms with E-state index in [2.05, 4.69) is 0 Å². The molecule has 102 valence electrons. The number of carbonyl (C=O) groups is 1. The van der Waals surface area contributed by atoms with Crippen LogP contribution in [0.15, 0.2) is 0 Å². The minimum absolute atomic E-state index is 0. The van der Waals surface area contributed by atoms with Crippen LogP contribution in [0, 0.1) is 0 Å². The van der Waals surface area contributed by atoms with Gasteiger partial charge in [-0.25, -0.2) is 0 Å². The Kier molecular flexibility index (Phi) is 7.27. The summed E-state index contributed by atoms with van der Waals surface area (Å²) in [5.74, 6) is -1.00. The van der Waals surface area contributed by atoms with Gasteiger partial charge in [-0.3, -0.25) is 4.79 Å². The van der Waals surface area contributed by atoms with E-state index in [9.17, 15) is 18.0 Å². The lowest BCUT2D eigenvalue weighted by Crippen LogP contribution is -2.48. The predicted molar refractivity (Wildman–Crippen MR) is 64.2 cm³/mol. The summed E-state index contributed by atoms with van der Waals surface area (Å²) in [7, 11) is 0. The van der Waals surface area contributed by atoms with Crippen LogP contribution in [0.4, 0.5) is 13.2 Å². The molecule has 8 heteroatoms. The third-order valence-electron chi connectivity index (χ3n) is 2.58. The monoisotopic (exact) mass is 292 g/mol. The maximum atomic E-state index is 11.9. The summed E-state index contributed by atoms with van der Waals surface area (Å²) in [6.45, 7) is 0.849. The number of likely N-dealkylation sites (tertiary alicyclic amines) is 1. The van der Waals surface area contributed by atoms with Gasteiger partial charge in [0.1, 0.15) is 0 Å². The van der Waals surface area contributed by atoms with E-state index in [4.69, 9.17) is 5.73 Å². The second kappa shape index (κ2) is 7.33. The molecule has 1 atom stereocenters. The fourth-order valence-corrected chi connectivity index (χ4v) is 2.25. The number of rotatable bonds is 3. The van der Waals surface area contributed by atoms with Crippen LogP contribution in [-0.4, -0.2) is 41.2 Å². The van der Waals surface area contributed by atoms with Crippen molar-refractivity contribution in [1.82, 2.24) is 4.90 Å². The third-order valence-corrected chi connectivity index (χ3v) is 3.30. The van der Waals surface area contributed by atoms with Crippen LogP contribution in [0.3, 0.4) is 0 Å². The van der Waals surface area contributed by atoms with Crippen molar-refractivity contribution >= 4 is 30.1 Å². The maximum absolute atomic E-state index is 11.9.